The zero-order valence-corrected chi connectivity index (χ0v) is 21.2. The molecule has 5 aromatic rings. The summed E-state index contributed by atoms with van der Waals surface area (Å²) >= 11 is 0. The van der Waals surface area contributed by atoms with Crippen molar-refractivity contribution in [3.05, 3.63) is 90.4 Å². The minimum absolute atomic E-state index is 0.386. The second-order valence-electron chi connectivity index (χ2n) is 8.48. The van der Waals surface area contributed by atoms with E-state index in [4.69, 9.17) is 19.7 Å². The fourth-order valence-corrected chi connectivity index (χ4v) is 3.99. The van der Waals surface area contributed by atoms with Crippen LogP contribution in [0.4, 0.5) is 11.4 Å². The van der Waals surface area contributed by atoms with E-state index in [1.165, 1.54) is 0 Å². The number of methoxy groups -OCH3 is 2. The molecule has 0 amide bonds. The number of fused-ring (bicyclic) bond motifs is 1. The molecular weight excluding hydrogens is 476 g/mol. The lowest BCUT2D eigenvalue weighted by molar-refractivity contribution is 0.394. The Labute approximate surface area is 220 Å². The van der Waals surface area contributed by atoms with Gasteiger partial charge in [0.05, 0.1) is 61.5 Å². The van der Waals surface area contributed by atoms with Crippen molar-refractivity contribution >= 4 is 22.4 Å². The van der Waals surface area contributed by atoms with Gasteiger partial charge in [0.25, 0.3) is 0 Å². The van der Waals surface area contributed by atoms with Gasteiger partial charge in [0.15, 0.2) is 0 Å². The zero-order valence-electron chi connectivity index (χ0n) is 21.2. The van der Waals surface area contributed by atoms with Crippen LogP contribution in [0, 0.1) is 23.2 Å². The minimum Gasteiger partial charge on any atom is -0.497 e. The molecule has 2 aromatic heterocycles. The molecule has 0 saturated carbocycles. The normalized spacial score (nSPS) is 10.4. The summed E-state index contributed by atoms with van der Waals surface area (Å²) in [6.45, 7) is 0.386. The molecule has 0 N–H and O–H groups in total. The zero-order chi connectivity index (χ0) is 26.5. The van der Waals surface area contributed by atoms with Crippen molar-refractivity contribution in [2.45, 2.75) is 0 Å². The Kier molecular flexibility index (Phi) is 6.88. The van der Waals surface area contributed by atoms with Gasteiger partial charge in [-0.2, -0.15) is 10.4 Å². The third-order valence-corrected chi connectivity index (χ3v) is 5.97. The summed E-state index contributed by atoms with van der Waals surface area (Å²) in [7, 11) is 5.12. The van der Waals surface area contributed by atoms with Gasteiger partial charge < -0.3 is 14.4 Å². The number of benzene rings is 3. The van der Waals surface area contributed by atoms with E-state index >= 15 is 0 Å². The van der Waals surface area contributed by atoms with Gasteiger partial charge in [-0.1, -0.05) is 11.8 Å². The molecule has 8 nitrogen and oxygen atoms in total. The van der Waals surface area contributed by atoms with Crippen LogP contribution in [-0.4, -0.2) is 40.5 Å². The van der Waals surface area contributed by atoms with Crippen molar-refractivity contribution in [1.29, 1.82) is 5.26 Å². The molecule has 0 fully saturated rings. The van der Waals surface area contributed by atoms with Gasteiger partial charge in [0.2, 0.25) is 0 Å². The predicted octanol–water partition coefficient (Wildman–Crippen LogP) is 5.11. The van der Waals surface area contributed by atoms with Crippen LogP contribution in [0.3, 0.4) is 0 Å². The molecule has 0 aliphatic rings. The Morgan fingerprint density at radius 1 is 0.868 bits per heavy atom. The first kappa shape index (κ1) is 24.4. The number of rotatable bonds is 6. The lowest BCUT2D eigenvalue weighted by Gasteiger charge is -2.24. The largest absolute Gasteiger partial charge is 0.497 e. The molecule has 0 unspecified atom stereocenters. The fourth-order valence-electron chi connectivity index (χ4n) is 3.99. The summed E-state index contributed by atoms with van der Waals surface area (Å²) in [4.78, 5) is 11.5. The topological polar surface area (TPSA) is 89.1 Å². The van der Waals surface area contributed by atoms with Crippen LogP contribution >= 0.6 is 0 Å². The standard InChI is InChI=1S/C30H24N6O2/c1-35-20-23(18-33-35)30-19-32-28-11-10-24(15-29(28)34-30)36(25-13-26(37-2)16-27(14-25)38-3)12-4-5-21-6-8-22(17-31)9-7-21/h6-11,13-16,18-20H,12H2,1-3H3. The highest BCUT2D eigenvalue weighted by Gasteiger charge is 2.14. The van der Waals surface area contributed by atoms with E-state index in [-0.39, 0.29) is 0 Å². The highest BCUT2D eigenvalue weighted by atomic mass is 16.5. The average Bonchev–Trinajstić information content (AvgIpc) is 3.41. The second-order valence-corrected chi connectivity index (χ2v) is 8.48. The van der Waals surface area contributed by atoms with Crippen LogP contribution in [-0.2, 0) is 7.05 Å². The molecule has 38 heavy (non-hydrogen) atoms. The van der Waals surface area contributed by atoms with E-state index in [0.29, 0.717) is 23.6 Å². The van der Waals surface area contributed by atoms with Gasteiger partial charge in [-0.25, -0.2) is 4.98 Å². The maximum Gasteiger partial charge on any atom is 0.124 e. The number of ether oxygens (including phenoxy) is 2. The van der Waals surface area contributed by atoms with Crippen molar-refractivity contribution in [2.24, 2.45) is 7.05 Å². The number of hydrogen-bond acceptors (Lipinski definition) is 7. The number of aromatic nitrogens is 4. The van der Waals surface area contributed by atoms with Crippen molar-refractivity contribution in [3.63, 3.8) is 0 Å². The summed E-state index contributed by atoms with van der Waals surface area (Å²) < 4.78 is 12.8. The Hall–Kier alpha value is -5.34. The molecule has 0 saturated heterocycles. The van der Waals surface area contributed by atoms with E-state index in [2.05, 4.69) is 32.9 Å². The van der Waals surface area contributed by atoms with E-state index in [9.17, 15) is 0 Å². The van der Waals surface area contributed by atoms with Gasteiger partial charge in [-0.15, -0.1) is 0 Å². The van der Waals surface area contributed by atoms with Gasteiger partial charge in [0, 0.05) is 53.9 Å². The highest BCUT2D eigenvalue weighted by molar-refractivity contribution is 5.83. The Morgan fingerprint density at radius 2 is 1.61 bits per heavy atom. The van der Waals surface area contributed by atoms with Gasteiger partial charge in [-0.05, 0) is 42.5 Å². The molecule has 5 rings (SSSR count). The monoisotopic (exact) mass is 500 g/mol. The minimum atomic E-state index is 0.386. The van der Waals surface area contributed by atoms with Gasteiger partial charge >= 0.3 is 0 Å². The molecule has 3 aromatic carbocycles. The smallest absolute Gasteiger partial charge is 0.124 e. The Bertz CT molecular complexity index is 1690. The number of nitriles is 1. The van der Waals surface area contributed by atoms with Crippen LogP contribution < -0.4 is 14.4 Å². The quantitative estimate of drug-likeness (QED) is 0.299. The molecular formula is C30H24N6O2. The Morgan fingerprint density at radius 3 is 2.26 bits per heavy atom. The van der Waals surface area contributed by atoms with Crippen LogP contribution in [0.25, 0.3) is 22.3 Å². The van der Waals surface area contributed by atoms with Crippen molar-refractivity contribution < 1.29 is 9.47 Å². The first-order valence-corrected chi connectivity index (χ1v) is 11.8. The number of aryl methyl sites for hydroxylation is 1. The number of anilines is 2. The Balaban J connectivity index is 1.56. The summed E-state index contributed by atoms with van der Waals surface area (Å²) in [6, 6.07) is 21.0. The summed E-state index contributed by atoms with van der Waals surface area (Å²) in [5.74, 6) is 7.80. The highest BCUT2D eigenvalue weighted by Crippen LogP contribution is 2.34. The lowest BCUT2D eigenvalue weighted by atomic mass is 10.1. The molecule has 0 aliphatic carbocycles. The lowest BCUT2D eigenvalue weighted by Crippen LogP contribution is -2.17. The van der Waals surface area contributed by atoms with Crippen molar-refractivity contribution in [2.75, 3.05) is 25.7 Å². The van der Waals surface area contributed by atoms with E-state index in [1.807, 2.05) is 61.8 Å². The van der Waals surface area contributed by atoms with Crippen LogP contribution in [0.2, 0.25) is 0 Å². The summed E-state index contributed by atoms with van der Waals surface area (Å²) in [6.07, 6.45) is 5.44. The average molecular weight is 501 g/mol. The second kappa shape index (κ2) is 10.7. The molecule has 2 heterocycles. The van der Waals surface area contributed by atoms with Gasteiger partial charge in [0.1, 0.15) is 11.5 Å². The molecule has 8 heteroatoms. The number of nitrogens with zero attached hydrogens (tertiary/aromatic N) is 6. The van der Waals surface area contributed by atoms with E-state index in [1.54, 1.807) is 43.4 Å². The maximum atomic E-state index is 9.05. The fraction of sp³-hybridized carbons (Fsp3) is 0.133. The SMILES string of the molecule is COc1cc(OC)cc(N(CC#Cc2ccc(C#N)cc2)c2ccc3ncc(-c4cnn(C)c4)nc3c2)c1. The first-order valence-electron chi connectivity index (χ1n) is 11.8. The predicted molar refractivity (Wildman–Crippen MR) is 146 cm³/mol. The number of hydrogen-bond donors (Lipinski definition) is 0. The third kappa shape index (κ3) is 5.25. The van der Waals surface area contributed by atoms with E-state index in [0.717, 1.165) is 39.2 Å². The first-order chi connectivity index (χ1) is 18.6. The molecule has 0 bridgehead atoms. The summed E-state index contributed by atoms with van der Waals surface area (Å²) in [5.41, 5.74) is 6.36. The van der Waals surface area contributed by atoms with Crippen LogP contribution in [0.1, 0.15) is 11.1 Å². The summed E-state index contributed by atoms with van der Waals surface area (Å²) in [5, 5.41) is 13.3. The molecule has 0 spiro atoms. The molecule has 0 aliphatic heterocycles. The maximum absolute atomic E-state index is 9.05. The van der Waals surface area contributed by atoms with Crippen molar-refractivity contribution in [3.8, 4) is 40.7 Å². The third-order valence-electron chi connectivity index (χ3n) is 5.97. The molecule has 0 atom stereocenters. The van der Waals surface area contributed by atoms with Crippen LogP contribution in [0.5, 0.6) is 11.5 Å². The van der Waals surface area contributed by atoms with Gasteiger partial charge in [-0.3, -0.25) is 9.67 Å². The molecule has 0 radical (unpaired) electrons. The molecule has 186 valence electrons. The van der Waals surface area contributed by atoms with Crippen LogP contribution in [0.15, 0.2) is 79.3 Å². The van der Waals surface area contributed by atoms with Crippen molar-refractivity contribution in [1.82, 2.24) is 19.7 Å². The van der Waals surface area contributed by atoms with E-state index < -0.39 is 0 Å².